The van der Waals surface area contributed by atoms with Gasteiger partial charge in [-0.2, -0.15) is 0 Å². The first-order chi connectivity index (χ1) is 9.81. The molecule has 0 aliphatic rings. The molecule has 0 amide bonds. The number of nitrogens with zero attached hydrogens (tertiary/aromatic N) is 1. The largest absolute Gasteiger partial charge is 0.457 e. The van der Waals surface area contributed by atoms with E-state index in [1.807, 2.05) is 19.9 Å². The fourth-order valence-corrected chi connectivity index (χ4v) is 2.67. The molecule has 2 aromatic rings. The topological polar surface area (TPSA) is 82.3 Å². The molecular weight excluding hydrogens is 288 g/mol. The monoisotopic (exact) mass is 306 g/mol. The highest BCUT2D eigenvalue weighted by Crippen LogP contribution is 2.28. The van der Waals surface area contributed by atoms with Crippen molar-refractivity contribution in [1.29, 1.82) is 0 Å². The molecule has 0 radical (unpaired) electrons. The van der Waals surface area contributed by atoms with Crippen molar-refractivity contribution in [1.82, 2.24) is 4.98 Å². The fourth-order valence-electron chi connectivity index (χ4n) is 2.04. The molecule has 0 unspecified atom stereocenters. The van der Waals surface area contributed by atoms with Crippen LogP contribution >= 0.6 is 0 Å². The first-order valence-corrected chi connectivity index (χ1v) is 8.35. The Morgan fingerprint density at radius 1 is 1.19 bits per heavy atom. The second kappa shape index (κ2) is 5.83. The maximum Gasteiger partial charge on any atom is 0.175 e. The first-order valence-electron chi connectivity index (χ1n) is 6.46. The molecule has 0 aliphatic carbocycles. The standard InChI is InChI=1S/C15H18N2O3S/c1-10-8-15(14(9-16)11(2)17-10)20-12-4-6-13(7-5-12)21(3,18)19/h4-8H,9,16H2,1-3H3. The molecule has 2 N–H and O–H groups in total. The molecule has 21 heavy (non-hydrogen) atoms. The average molecular weight is 306 g/mol. The van der Waals surface area contributed by atoms with E-state index in [-0.39, 0.29) is 4.90 Å². The van der Waals surface area contributed by atoms with Gasteiger partial charge in [-0.1, -0.05) is 0 Å². The summed E-state index contributed by atoms with van der Waals surface area (Å²) in [7, 11) is -3.20. The number of sulfone groups is 1. The van der Waals surface area contributed by atoms with Crippen molar-refractivity contribution >= 4 is 9.84 Å². The molecule has 0 fully saturated rings. The van der Waals surface area contributed by atoms with Gasteiger partial charge in [0, 0.05) is 35.8 Å². The number of pyridine rings is 1. The van der Waals surface area contributed by atoms with Gasteiger partial charge in [-0.15, -0.1) is 0 Å². The normalized spacial score (nSPS) is 11.4. The van der Waals surface area contributed by atoms with Crippen LogP contribution in [0.2, 0.25) is 0 Å². The van der Waals surface area contributed by atoms with E-state index in [2.05, 4.69) is 4.98 Å². The Morgan fingerprint density at radius 2 is 1.81 bits per heavy atom. The van der Waals surface area contributed by atoms with Gasteiger partial charge < -0.3 is 10.5 Å². The molecule has 0 spiro atoms. The Balaban J connectivity index is 2.34. The van der Waals surface area contributed by atoms with Gasteiger partial charge in [0.05, 0.1) is 4.90 Å². The first kappa shape index (κ1) is 15.5. The van der Waals surface area contributed by atoms with E-state index >= 15 is 0 Å². The van der Waals surface area contributed by atoms with Gasteiger partial charge >= 0.3 is 0 Å². The van der Waals surface area contributed by atoms with E-state index in [0.29, 0.717) is 18.0 Å². The third-order valence-electron chi connectivity index (χ3n) is 3.10. The van der Waals surface area contributed by atoms with Crippen molar-refractivity contribution in [2.75, 3.05) is 6.26 Å². The second-order valence-corrected chi connectivity index (χ2v) is 6.89. The predicted octanol–water partition coefficient (Wildman–Crippen LogP) is 2.35. The smallest absolute Gasteiger partial charge is 0.175 e. The number of aromatic nitrogens is 1. The number of rotatable bonds is 4. The number of ether oxygens (including phenoxy) is 1. The second-order valence-electron chi connectivity index (χ2n) is 4.88. The number of benzene rings is 1. The molecule has 0 aliphatic heterocycles. The van der Waals surface area contributed by atoms with Crippen molar-refractivity contribution in [2.24, 2.45) is 5.73 Å². The van der Waals surface area contributed by atoms with Crippen molar-refractivity contribution in [2.45, 2.75) is 25.3 Å². The van der Waals surface area contributed by atoms with Gasteiger partial charge in [0.2, 0.25) is 0 Å². The van der Waals surface area contributed by atoms with Crippen molar-refractivity contribution < 1.29 is 13.2 Å². The summed E-state index contributed by atoms with van der Waals surface area (Å²) in [6.45, 7) is 4.09. The van der Waals surface area contributed by atoms with Crippen LogP contribution in [-0.4, -0.2) is 19.7 Å². The van der Waals surface area contributed by atoms with Crippen LogP contribution in [0.1, 0.15) is 17.0 Å². The summed E-state index contributed by atoms with van der Waals surface area (Å²) in [6, 6.07) is 8.12. The highest BCUT2D eigenvalue weighted by atomic mass is 32.2. The van der Waals surface area contributed by atoms with E-state index in [1.54, 1.807) is 12.1 Å². The molecule has 2 rings (SSSR count). The fraction of sp³-hybridized carbons (Fsp3) is 0.267. The van der Waals surface area contributed by atoms with Crippen molar-refractivity contribution in [3.05, 3.63) is 47.3 Å². The van der Waals surface area contributed by atoms with Crippen LogP contribution in [0.3, 0.4) is 0 Å². The third kappa shape index (κ3) is 3.59. The molecule has 112 valence electrons. The lowest BCUT2D eigenvalue weighted by Crippen LogP contribution is -2.05. The van der Waals surface area contributed by atoms with E-state index in [0.717, 1.165) is 17.0 Å². The molecule has 1 aromatic heterocycles. The van der Waals surface area contributed by atoms with Crippen LogP contribution in [-0.2, 0) is 16.4 Å². The number of hydrogen-bond acceptors (Lipinski definition) is 5. The van der Waals surface area contributed by atoms with Crippen LogP contribution in [0.25, 0.3) is 0 Å². The SMILES string of the molecule is Cc1cc(Oc2ccc(S(C)(=O)=O)cc2)c(CN)c(C)n1. The van der Waals surface area contributed by atoms with Crippen molar-refractivity contribution in [3.8, 4) is 11.5 Å². The minimum atomic E-state index is -3.20. The molecule has 5 nitrogen and oxygen atoms in total. The molecule has 0 bridgehead atoms. The van der Waals surface area contributed by atoms with Gasteiger partial charge in [0.1, 0.15) is 11.5 Å². The van der Waals surface area contributed by atoms with Crippen LogP contribution in [0.4, 0.5) is 0 Å². The average Bonchev–Trinajstić information content (AvgIpc) is 2.38. The zero-order valence-electron chi connectivity index (χ0n) is 12.3. The molecular formula is C15H18N2O3S. The summed E-state index contributed by atoms with van der Waals surface area (Å²) in [5.41, 5.74) is 8.25. The highest BCUT2D eigenvalue weighted by Gasteiger charge is 2.11. The predicted molar refractivity (Wildman–Crippen MR) is 81.2 cm³/mol. The quantitative estimate of drug-likeness (QED) is 0.937. The Kier molecular flexibility index (Phi) is 4.29. The highest BCUT2D eigenvalue weighted by molar-refractivity contribution is 7.90. The molecule has 0 saturated carbocycles. The Morgan fingerprint density at radius 3 is 2.33 bits per heavy atom. The summed E-state index contributed by atoms with van der Waals surface area (Å²) in [6.07, 6.45) is 1.17. The van der Waals surface area contributed by atoms with Gasteiger partial charge in [0.25, 0.3) is 0 Å². The summed E-state index contributed by atoms with van der Waals surface area (Å²) in [5.74, 6) is 1.21. The maximum atomic E-state index is 11.4. The molecule has 1 heterocycles. The van der Waals surface area contributed by atoms with E-state index in [1.165, 1.54) is 18.4 Å². The van der Waals surface area contributed by atoms with E-state index < -0.39 is 9.84 Å². The number of nitrogens with two attached hydrogens (primary N) is 1. The lowest BCUT2D eigenvalue weighted by Gasteiger charge is -2.13. The Hall–Kier alpha value is -1.92. The Labute approximate surface area is 124 Å². The summed E-state index contributed by atoms with van der Waals surface area (Å²) < 4.78 is 28.7. The van der Waals surface area contributed by atoms with E-state index in [9.17, 15) is 8.42 Å². The van der Waals surface area contributed by atoms with Crippen LogP contribution in [0, 0.1) is 13.8 Å². The van der Waals surface area contributed by atoms with Crippen molar-refractivity contribution in [3.63, 3.8) is 0 Å². The summed E-state index contributed by atoms with van der Waals surface area (Å²) >= 11 is 0. The number of hydrogen-bond donors (Lipinski definition) is 1. The van der Waals surface area contributed by atoms with Gasteiger partial charge in [-0.25, -0.2) is 8.42 Å². The Bertz CT molecular complexity index is 753. The lowest BCUT2D eigenvalue weighted by molar-refractivity contribution is 0.473. The molecule has 0 atom stereocenters. The molecule has 0 saturated heterocycles. The van der Waals surface area contributed by atoms with Crippen LogP contribution < -0.4 is 10.5 Å². The third-order valence-corrected chi connectivity index (χ3v) is 4.23. The zero-order chi connectivity index (χ0) is 15.6. The van der Waals surface area contributed by atoms with Gasteiger partial charge in [0.15, 0.2) is 9.84 Å². The summed E-state index contributed by atoms with van der Waals surface area (Å²) in [5, 5.41) is 0. The maximum absolute atomic E-state index is 11.4. The molecule has 6 heteroatoms. The number of aryl methyl sites for hydroxylation is 2. The van der Waals surface area contributed by atoms with Gasteiger partial charge in [-0.05, 0) is 38.1 Å². The van der Waals surface area contributed by atoms with Gasteiger partial charge in [-0.3, -0.25) is 4.98 Å². The zero-order valence-corrected chi connectivity index (χ0v) is 13.1. The summed E-state index contributed by atoms with van der Waals surface area (Å²) in [4.78, 5) is 4.61. The van der Waals surface area contributed by atoms with E-state index in [4.69, 9.17) is 10.5 Å². The minimum absolute atomic E-state index is 0.260. The lowest BCUT2D eigenvalue weighted by atomic mass is 10.1. The molecule has 1 aromatic carbocycles. The minimum Gasteiger partial charge on any atom is -0.457 e. The van der Waals surface area contributed by atoms with Crippen LogP contribution in [0.5, 0.6) is 11.5 Å². The van der Waals surface area contributed by atoms with Crippen LogP contribution in [0.15, 0.2) is 35.2 Å².